The van der Waals surface area contributed by atoms with Gasteiger partial charge >= 0.3 is 12.0 Å². The van der Waals surface area contributed by atoms with E-state index in [0.29, 0.717) is 18.8 Å². The van der Waals surface area contributed by atoms with Gasteiger partial charge in [0.15, 0.2) is 0 Å². The van der Waals surface area contributed by atoms with Crippen molar-refractivity contribution < 1.29 is 14.3 Å². The molecule has 1 aliphatic rings. The lowest BCUT2D eigenvalue weighted by Gasteiger charge is -2.27. The summed E-state index contributed by atoms with van der Waals surface area (Å²) in [5.74, 6) is -0.547. The molecular weight excluding hydrogens is 344 g/mol. The van der Waals surface area contributed by atoms with Gasteiger partial charge in [0, 0.05) is 29.9 Å². The molecule has 2 aromatic rings. The van der Waals surface area contributed by atoms with E-state index in [1.54, 1.807) is 17.0 Å². The first-order valence-corrected chi connectivity index (χ1v) is 8.40. The Labute approximate surface area is 150 Å². The quantitative estimate of drug-likeness (QED) is 0.821. The minimum atomic E-state index is -0.547. The first-order valence-electron chi connectivity index (χ1n) is 8.02. The number of esters is 1. The number of ether oxygens (including phenoxy) is 1. The number of hydrogen-bond acceptors (Lipinski definition) is 4. The molecule has 0 unspecified atom stereocenters. The lowest BCUT2D eigenvalue weighted by molar-refractivity contribution is 0.0601. The van der Waals surface area contributed by atoms with Crippen molar-refractivity contribution in [3.8, 4) is 0 Å². The van der Waals surface area contributed by atoms with E-state index in [1.165, 1.54) is 13.2 Å². The number of carbonyl (C=O) groups excluding carboxylic acids is 2. The fourth-order valence-electron chi connectivity index (χ4n) is 2.89. The zero-order chi connectivity index (χ0) is 18.0. The van der Waals surface area contributed by atoms with Crippen LogP contribution in [0.25, 0.3) is 0 Å². The van der Waals surface area contributed by atoms with Crippen molar-refractivity contribution in [2.24, 2.45) is 0 Å². The molecule has 8 heteroatoms. The number of amides is 2. The molecule has 2 heterocycles. The van der Waals surface area contributed by atoms with Crippen molar-refractivity contribution in [1.82, 2.24) is 15.1 Å². The number of aromatic amines is 1. The van der Waals surface area contributed by atoms with Gasteiger partial charge in [-0.1, -0.05) is 18.5 Å². The summed E-state index contributed by atoms with van der Waals surface area (Å²) in [6, 6.07) is 4.49. The average molecular weight is 363 g/mol. The molecule has 25 heavy (non-hydrogen) atoms. The monoisotopic (exact) mass is 362 g/mol. The molecule has 0 saturated carbocycles. The number of fused-ring (bicyclic) bond motifs is 1. The van der Waals surface area contributed by atoms with Crippen LogP contribution < -0.4 is 5.32 Å². The van der Waals surface area contributed by atoms with Crippen LogP contribution in [0.5, 0.6) is 0 Å². The van der Waals surface area contributed by atoms with Gasteiger partial charge in [-0.3, -0.25) is 5.10 Å². The van der Waals surface area contributed by atoms with Gasteiger partial charge in [-0.15, -0.1) is 0 Å². The number of rotatable bonds is 3. The average Bonchev–Trinajstić information content (AvgIpc) is 3.04. The van der Waals surface area contributed by atoms with Gasteiger partial charge in [0.25, 0.3) is 0 Å². The fraction of sp³-hybridized carbons (Fsp3) is 0.353. The molecular formula is C17H19ClN4O3. The summed E-state index contributed by atoms with van der Waals surface area (Å²) in [5.41, 5.74) is 3.89. The van der Waals surface area contributed by atoms with Gasteiger partial charge in [-0.05, 0) is 24.6 Å². The number of halogens is 1. The highest BCUT2D eigenvalue weighted by atomic mass is 35.5. The molecule has 1 aliphatic heterocycles. The lowest BCUT2D eigenvalue weighted by Crippen LogP contribution is -2.39. The van der Waals surface area contributed by atoms with Crippen LogP contribution >= 0.6 is 11.6 Å². The number of H-pyrrole nitrogens is 1. The van der Waals surface area contributed by atoms with E-state index in [2.05, 4.69) is 15.5 Å². The van der Waals surface area contributed by atoms with Crippen LogP contribution in [0.1, 0.15) is 34.2 Å². The Kier molecular flexibility index (Phi) is 4.94. The van der Waals surface area contributed by atoms with Gasteiger partial charge in [-0.25, -0.2) is 9.59 Å². The van der Waals surface area contributed by atoms with Crippen molar-refractivity contribution in [1.29, 1.82) is 0 Å². The van der Waals surface area contributed by atoms with E-state index in [-0.39, 0.29) is 16.6 Å². The summed E-state index contributed by atoms with van der Waals surface area (Å²) in [5, 5.41) is 10.4. The van der Waals surface area contributed by atoms with Crippen molar-refractivity contribution in [3.05, 3.63) is 45.7 Å². The minimum absolute atomic E-state index is 0.214. The van der Waals surface area contributed by atoms with Gasteiger partial charge < -0.3 is 15.0 Å². The van der Waals surface area contributed by atoms with E-state index in [0.717, 1.165) is 29.8 Å². The number of benzene rings is 1. The Bertz CT molecular complexity index is 805. The molecule has 0 atom stereocenters. The Morgan fingerprint density at radius 2 is 2.24 bits per heavy atom. The number of carbonyl (C=O) groups is 2. The predicted octanol–water partition coefficient (Wildman–Crippen LogP) is 3.00. The van der Waals surface area contributed by atoms with Gasteiger partial charge in [0.2, 0.25) is 0 Å². The fourth-order valence-corrected chi connectivity index (χ4v) is 3.09. The second kappa shape index (κ2) is 7.14. The van der Waals surface area contributed by atoms with E-state index in [4.69, 9.17) is 16.3 Å². The maximum atomic E-state index is 12.6. The summed E-state index contributed by atoms with van der Waals surface area (Å²) in [6.45, 7) is 3.15. The van der Waals surface area contributed by atoms with Gasteiger partial charge in [-0.2, -0.15) is 5.10 Å². The highest BCUT2D eigenvalue weighted by Gasteiger charge is 2.25. The largest absolute Gasteiger partial charge is 0.465 e. The second-order valence-electron chi connectivity index (χ2n) is 5.77. The normalized spacial score (nSPS) is 13.3. The number of hydrogen-bond donors (Lipinski definition) is 2. The summed E-state index contributed by atoms with van der Waals surface area (Å²) in [6.07, 6.45) is 1.56. The molecule has 132 valence electrons. The number of aryl methyl sites for hydroxylation is 1. The first-order chi connectivity index (χ1) is 12.0. The molecule has 3 rings (SSSR count). The Morgan fingerprint density at radius 3 is 2.96 bits per heavy atom. The van der Waals surface area contributed by atoms with Crippen LogP contribution in [0.3, 0.4) is 0 Å². The summed E-state index contributed by atoms with van der Waals surface area (Å²) in [4.78, 5) is 26.0. The molecule has 0 radical (unpaired) electrons. The topological polar surface area (TPSA) is 87.3 Å². The molecule has 2 amide bonds. The Morgan fingerprint density at radius 1 is 1.44 bits per heavy atom. The standard InChI is InChI=1S/C17H19ClN4O3/c1-3-14-12-9-22(7-6-15(12)21-20-14)17(24)19-10-4-5-13(18)11(8-10)16(23)25-2/h4-5,8H,3,6-7,9H2,1-2H3,(H,19,24)(H,20,21). The molecule has 0 fully saturated rings. The Balaban J connectivity index is 1.74. The first kappa shape index (κ1) is 17.3. The SMILES string of the molecule is CCc1n[nH]c2c1CN(C(=O)Nc1ccc(Cl)c(C(=O)OC)c1)CC2. The predicted molar refractivity (Wildman–Crippen MR) is 93.9 cm³/mol. The Hall–Kier alpha value is -2.54. The maximum absolute atomic E-state index is 12.6. The zero-order valence-corrected chi connectivity index (χ0v) is 14.8. The molecule has 0 spiro atoms. The summed E-state index contributed by atoms with van der Waals surface area (Å²) >= 11 is 6.00. The van der Waals surface area contributed by atoms with Crippen molar-refractivity contribution in [3.63, 3.8) is 0 Å². The van der Waals surface area contributed by atoms with Crippen LogP contribution in [-0.2, 0) is 24.1 Å². The van der Waals surface area contributed by atoms with E-state index in [1.807, 2.05) is 6.92 Å². The van der Waals surface area contributed by atoms with Crippen LogP contribution in [0.4, 0.5) is 10.5 Å². The molecule has 0 saturated heterocycles. The van der Waals surface area contributed by atoms with E-state index < -0.39 is 5.97 Å². The highest BCUT2D eigenvalue weighted by Crippen LogP contribution is 2.24. The third-order valence-electron chi connectivity index (χ3n) is 4.26. The number of nitrogens with one attached hydrogen (secondary N) is 2. The van der Waals surface area contributed by atoms with Crippen LogP contribution in [0.2, 0.25) is 5.02 Å². The zero-order valence-electron chi connectivity index (χ0n) is 14.1. The van der Waals surface area contributed by atoms with Gasteiger partial charge in [0.1, 0.15) is 0 Å². The number of urea groups is 1. The number of methoxy groups -OCH3 is 1. The highest BCUT2D eigenvalue weighted by molar-refractivity contribution is 6.33. The third kappa shape index (κ3) is 3.46. The summed E-state index contributed by atoms with van der Waals surface area (Å²) < 4.78 is 4.69. The molecule has 7 nitrogen and oxygen atoms in total. The van der Waals surface area contributed by atoms with Crippen LogP contribution in [0.15, 0.2) is 18.2 Å². The van der Waals surface area contributed by atoms with Crippen molar-refractivity contribution >= 4 is 29.3 Å². The van der Waals surface area contributed by atoms with Crippen molar-refractivity contribution in [2.45, 2.75) is 26.3 Å². The third-order valence-corrected chi connectivity index (χ3v) is 4.59. The van der Waals surface area contributed by atoms with E-state index >= 15 is 0 Å². The van der Waals surface area contributed by atoms with Crippen LogP contribution in [-0.4, -0.2) is 40.8 Å². The van der Waals surface area contributed by atoms with Gasteiger partial charge in [0.05, 0.1) is 29.9 Å². The minimum Gasteiger partial charge on any atom is -0.465 e. The molecule has 1 aromatic carbocycles. The molecule has 1 aromatic heterocycles. The van der Waals surface area contributed by atoms with Crippen molar-refractivity contribution in [2.75, 3.05) is 19.0 Å². The second-order valence-corrected chi connectivity index (χ2v) is 6.18. The summed E-state index contributed by atoms with van der Waals surface area (Å²) in [7, 11) is 1.28. The number of nitrogens with zero attached hydrogens (tertiary/aromatic N) is 2. The number of aromatic nitrogens is 2. The molecule has 0 aliphatic carbocycles. The van der Waals surface area contributed by atoms with E-state index in [9.17, 15) is 9.59 Å². The number of anilines is 1. The molecule has 0 bridgehead atoms. The maximum Gasteiger partial charge on any atom is 0.339 e. The van der Waals surface area contributed by atoms with Crippen LogP contribution in [0, 0.1) is 0 Å². The molecule has 2 N–H and O–H groups in total. The smallest absolute Gasteiger partial charge is 0.339 e. The lowest BCUT2D eigenvalue weighted by atomic mass is 10.0.